The van der Waals surface area contributed by atoms with Crippen molar-refractivity contribution in [2.45, 2.75) is 6.92 Å². The van der Waals surface area contributed by atoms with Gasteiger partial charge >= 0.3 is 6.03 Å². The Balaban J connectivity index is 1.80. The van der Waals surface area contributed by atoms with E-state index in [2.05, 4.69) is 37.5 Å². The topological polar surface area (TPSA) is 117 Å². The molecule has 134 valence electrons. The van der Waals surface area contributed by atoms with E-state index in [0.29, 0.717) is 30.2 Å². The van der Waals surface area contributed by atoms with Gasteiger partial charge in [0.2, 0.25) is 5.95 Å². The first-order valence-corrected chi connectivity index (χ1v) is 8.08. The van der Waals surface area contributed by atoms with Crippen molar-refractivity contribution in [3.8, 4) is 5.69 Å². The van der Waals surface area contributed by atoms with Crippen LogP contribution in [0.25, 0.3) is 16.7 Å². The van der Waals surface area contributed by atoms with Crippen LogP contribution in [0.4, 0.5) is 10.7 Å². The van der Waals surface area contributed by atoms with E-state index in [9.17, 15) is 9.59 Å². The van der Waals surface area contributed by atoms with Crippen LogP contribution >= 0.6 is 0 Å². The van der Waals surface area contributed by atoms with Crippen LogP contribution in [0, 0.1) is 0 Å². The van der Waals surface area contributed by atoms with Crippen molar-refractivity contribution in [1.82, 2.24) is 30.2 Å². The third kappa shape index (κ3) is 3.72. The second kappa shape index (κ2) is 7.51. The maximum Gasteiger partial charge on any atom is 0.321 e. The minimum atomic E-state index is -0.323. The number of hydrogen-bond donors (Lipinski definition) is 4. The smallest absolute Gasteiger partial charge is 0.321 e. The van der Waals surface area contributed by atoms with E-state index in [-0.39, 0.29) is 11.9 Å². The number of rotatable bonds is 6. The van der Waals surface area contributed by atoms with Crippen molar-refractivity contribution in [2.24, 2.45) is 0 Å². The Kier molecular flexibility index (Phi) is 4.97. The van der Waals surface area contributed by atoms with Crippen molar-refractivity contribution in [3.63, 3.8) is 0 Å². The van der Waals surface area contributed by atoms with Crippen LogP contribution in [-0.4, -0.2) is 44.5 Å². The normalized spacial score (nSPS) is 10.5. The van der Waals surface area contributed by atoms with Crippen molar-refractivity contribution in [2.75, 3.05) is 18.4 Å². The Bertz CT molecular complexity index is 957. The lowest BCUT2D eigenvalue weighted by Gasteiger charge is -2.01. The molecule has 0 bridgehead atoms. The highest BCUT2D eigenvalue weighted by Gasteiger charge is 2.11. The van der Waals surface area contributed by atoms with Crippen molar-refractivity contribution in [3.05, 3.63) is 49.1 Å². The molecular weight excluding hydrogens is 334 g/mol. The summed E-state index contributed by atoms with van der Waals surface area (Å²) in [6.45, 7) is 6.30. The number of hydrogen-bond acceptors (Lipinski definition) is 4. The van der Waals surface area contributed by atoms with Gasteiger partial charge in [0, 0.05) is 25.0 Å². The highest BCUT2D eigenvalue weighted by Crippen LogP contribution is 2.19. The molecule has 3 aromatic rings. The SMILES string of the molecule is C=CCNC(=O)c1cn(-c2ccc3[nH]c(NC(=O)NCC)nc3c2)cn1. The van der Waals surface area contributed by atoms with Gasteiger partial charge in [-0.3, -0.25) is 10.1 Å². The summed E-state index contributed by atoms with van der Waals surface area (Å²) < 4.78 is 1.73. The maximum absolute atomic E-state index is 11.9. The van der Waals surface area contributed by atoms with E-state index < -0.39 is 0 Å². The number of urea groups is 1. The first kappa shape index (κ1) is 17.2. The summed E-state index contributed by atoms with van der Waals surface area (Å²) in [7, 11) is 0. The molecule has 9 nitrogen and oxygen atoms in total. The van der Waals surface area contributed by atoms with E-state index in [1.54, 1.807) is 23.2 Å². The lowest BCUT2D eigenvalue weighted by Crippen LogP contribution is -2.28. The van der Waals surface area contributed by atoms with E-state index in [1.807, 2.05) is 25.1 Å². The molecule has 0 fully saturated rings. The number of carbonyl (C=O) groups is 2. The summed E-state index contributed by atoms with van der Waals surface area (Å²) in [5.74, 6) is 0.0937. The van der Waals surface area contributed by atoms with Gasteiger partial charge in [0.25, 0.3) is 5.91 Å². The summed E-state index contributed by atoms with van der Waals surface area (Å²) in [5, 5.41) is 7.95. The number of amides is 3. The molecule has 0 radical (unpaired) electrons. The monoisotopic (exact) mass is 353 g/mol. The molecule has 1 aromatic carbocycles. The minimum Gasteiger partial charge on any atom is -0.347 e. The van der Waals surface area contributed by atoms with Crippen molar-refractivity contribution < 1.29 is 9.59 Å². The van der Waals surface area contributed by atoms with Crippen molar-refractivity contribution >= 4 is 28.9 Å². The van der Waals surface area contributed by atoms with E-state index in [0.717, 1.165) is 11.2 Å². The van der Waals surface area contributed by atoms with Crippen LogP contribution in [0.1, 0.15) is 17.4 Å². The first-order valence-electron chi connectivity index (χ1n) is 8.08. The Labute approximate surface area is 149 Å². The fourth-order valence-corrected chi connectivity index (χ4v) is 2.36. The zero-order chi connectivity index (χ0) is 18.5. The second-order valence-electron chi connectivity index (χ2n) is 5.44. The molecule has 2 heterocycles. The van der Waals surface area contributed by atoms with Gasteiger partial charge in [-0.15, -0.1) is 6.58 Å². The molecule has 0 unspecified atom stereocenters. The van der Waals surface area contributed by atoms with Crippen LogP contribution in [-0.2, 0) is 0 Å². The number of imidazole rings is 2. The summed E-state index contributed by atoms with van der Waals surface area (Å²) in [6, 6.07) is 5.22. The quantitative estimate of drug-likeness (QED) is 0.506. The number of benzene rings is 1. The fourth-order valence-electron chi connectivity index (χ4n) is 2.36. The Hall–Kier alpha value is -3.62. The molecule has 0 atom stereocenters. The zero-order valence-corrected chi connectivity index (χ0v) is 14.2. The molecule has 0 aliphatic rings. The van der Waals surface area contributed by atoms with E-state index >= 15 is 0 Å². The average molecular weight is 353 g/mol. The largest absolute Gasteiger partial charge is 0.347 e. The predicted octanol–water partition coefficient (Wildman–Crippen LogP) is 1.81. The lowest BCUT2D eigenvalue weighted by atomic mass is 10.3. The molecule has 26 heavy (non-hydrogen) atoms. The number of H-pyrrole nitrogens is 1. The highest BCUT2D eigenvalue weighted by molar-refractivity contribution is 5.92. The summed E-state index contributed by atoms with van der Waals surface area (Å²) in [5.41, 5.74) is 2.57. The third-order valence-electron chi connectivity index (χ3n) is 3.56. The minimum absolute atomic E-state index is 0.266. The van der Waals surface area contributed by atoms with Gasteiger partial charge in [0.05, 0.1) is 11.0 Å². The third-order valence-corrected chi connectivity index (χ3v) is 3.56. The number of fused-ring (bicyclic) bond motifs is 1. The van der Waals surface area contributed by atoms with Crippen molar-refractivity contribution in [1.29, 1.82) is 0 Å². The number of anilines is 1. The summed E-state index contributed by atoms with van der Waals surface area (Å²) in [6.07, 6.45) is 4.80. The molecule has 0 saturated heterocycles. The van der Waals surface area contributed by atoms with E-state index in [4.69, 9.17) is 0 Å². The Morgan fingerprint density at radius 1 is 1.35 bits per heavy atom. The molecule has 4 N–H and O–H groups in total. The zero-order valence-electron chi connectivity index (χ0n) is 14.2. The maximum atomic E-state index is 11.9. The molecule has 2 aromatic heterocycles. The van der Waals surface area contributed by atoms with Gasteiger partial charge in [0.1, 0.15) is 12.0 Å². The van der Waals surface area contributed by atoms with Crippen LogP contribution in [0.2, 0.25) is 0 Å². The molecule has 0 spiro atoms. The highest BCUT2D eigenvalue weighted by atomic mass is 16.2. The lowest BCUT2D eigenvalue weighted by molar-refractivity contribution is 0.0953. The fraction of sp³-hybridized carbons (Fsp3) is 0.176. The molecule has 0 aliphatic carbocycles. The van der Waals surface area contributed by atoms with Gasteiger partial charge in [-0.05, 0) is 25.1 Å². The average Bonchev–Trinajstić information content (AvgIpc) is 3.25. The molecule has 0 aliphatic heterocycles. The first-order chi connectivity index (χ1) is 12.6. The Morgan fingerprint density at radius 2 is 2.19 bits per heavy atom. The summed E-state index contributed by atoms with van der Waals surface area (Å²) >= 11 is 0. The van der Waals surface area contributed by atoms with Crippen LogP contribution in [0.3, 0.4) is 0 Å². The van der Waals surface area contributed by atoms with Gasteiger partial charge in [0.15, 0.2) is 0 Å². The molecule has 3 amide bonds. The number of nitrogens with zero attached hydrogens (tertiary/aromatic N) is 3. The molecular formula is C17H19N7O2. The molecule has 3 rings (SSSR count). The summed E-state index contributed by atoms with van der Waals surface area (Å²) in [4.78, 5) is 35.0. The van der Waals surface area contributed by atoms with Gasteiger partial charge < -0.3 is 20.2 Å². The number of aromatic amines is 1. The number of aromatic nitrogens is 4. The van der Waals surface area contributed by atoms with Crippen LogP contribution < -0.4 is 16.0 Å². The standard InChI is InChI=1S/C17H19N7O2/c1-3-7-19-15(25)14-9-24(10-20-14)11-5-6-12-13(8-11)22-16(21-12)23-17(26)18-4-2/h3,5-6,8-10H,1,4,7H2,2H3,(H,19,25)(H3,18,21,22,23,26). The molecule has 0 saturated carbocycles. The van der Waals surface area contributed by atoms with Crippen LogP contribution in [0.5, 0.6) is 0 Å². The number of nitrogens with one attached hydrogen (secondary N) is 4. The van der Waals surface area contributed by atoms with Gasteiger partial charge in [-0.2, -0.15) is 0 Å². The van der Waals surface area contributed by atoms with Crippen LogP contribution in [0.15, 0.2) is 43.4 Å². The predicted molar refractivity (Wildman–Crippen MR) is 98.4 cm³/mol. The molecule has 9 heteroatoms. The van der Waals surface area contributed by atoms with Gasteiger partial charge in [-0.1, -0.05) is 6.08 Å². The second-order valence-corrected chi connectivity index (χ2v) is 5.44. The van der Waals surface area contributed by atoms with E-state index in [1.165, 1.54) is 0 Å². The van der Waals surface area contributed by atoms with Gasteiger partial charge in [-0.25, -0.2) is 14.8 Å². The number of carbonyl (C=O) groups excluding carboxylic acids is 2. The Morgan fingerprint density at radius 3 is 2.96 bits per heavy atom.